The standard InChI is InChI=1S/C14H28N2O/c1-11-4-3-7-14(17,8-11)10-16-13-6-2-5-12(13)9-15/h11-13,16-17H,2-10,15H2,1H3. The second-order valence-electron chi connectivity index (χ2n) is 6.34. The average molecular weight is 240 g/mol. The van der Waals surface area contributed by atoms with Crippen LogP contribution < -0.4 is 11.1 Å². The van der Waals surface area contributed by atoms with E-state index in [1.807, 2.05) is 0 Å². The third-order valence-corrected chi connectivity index (χ3v) is 4.72. The molecule has 0 aromatic rings. The number of aliphatic hydroxyl groups is 1. The number of hydrogen-bond donors (Lipinski definition) is 3. The van der Waals surface area contributed by atoms with Gasteiger partial charge in [-0.3, -0.25) is 0 Å². The second-order valence-corrected chi connectivity index (χ2v) is 6.34. The highest BCUT2D eigenvalue weighted by Gasteiger charge is 2.34. The zero-order valence-corrected chi connectivity index (χ0v) is 11.1. The Hall–Kier alpha value is -0.120. The number of nitrogens with one attached hydrogen (secondary N) is 1. The van der Waals surface area contributed by atoms with Gasteiger partial charge in [-0.25, -0.2) is 0 Å². The SMILES string of the molecule is CC1CCCC(O)(CNC2CCCC2CN)C1. The number of hydrogen-bond acceptors (Lipinski definition) is 3. The van der Waals surface area contributed by atoms with Gasteiger partial charge < -0.3 is 16.2 Å². The van der Waals surface area contributed by atoms with Crippen molar-refractivity contribution in [3.8, 4) is 0 Å². The van der Waals surface area contributed by atoms with Crippen molar-refractivity contribution in [2.75, 3.05) is 13.1 Å². The monoisotopic (exact) mass is 240 g/mol. The van der Waals surface area contributed by atoms with Crippen molar-refractivity contribution in [1.29, 1.82) is 0 Å². The molecule has 0 saturated heterocycles. The molecule has 0 radical (unpaired) electrons. The van der Waals surface area contributed by atoms with Gasteiger partial charge in [0, 0.05) is 12.6 Å². The normalized spacial score (nSPS) is 42.9. The molecule has 0 heterocycles. The first-order chi connectivity index (χ1) is 8.13. The molecule has 4 atom stereocenters. The van der Waals surface area contributed by atoms with E-state index in [-0.39, 0.29) is 0 Å². The average Bonchev–Trinajstić information content (AvgIpc) is 2.73. The fourth-order valence-electron chi connectivity index (χ4n) is 3.70. The molecule has 0 aromatic carbocycles. The number of nitrogens with two attached hydrogens (primary N) is 1. The van der Waals surface area contributed by atoms with E-state index in [2.05, 4.69) is 12.2 Å². The van der Waals surface area contributed by atoms with Crippen LogP contribution >= 0.6 is 0 Å². The molecule has 2 rings (SSSR count). The molecule has 0 spiro atoms. The minimum atomic E-state index is -0.459. The summed E-state index contributed by atoms with van der Waals surface area (Å²) in [6.07, 6.45) is 8.14. The molecule has 17 heavy (non-hydrogen) atoms. The lowest BCUT2D eigenvalue weighted by Gasteiger charge is -2.37. The quantitative estimate of drug-likeness (QED) is 0.700. The van der Waals surface area contributed by atoms with E-state index in [0.717, 1.165) is 25.9 Å². The van der Waals surface area contributed by atoms with Gasteiger partial charge in [-0.2, -0.15) is 0 Å². The van der Waals surface area contributed by atoms with E-state index in [1.54, 1.807) is 0 Å². The van der Waals surface area contributed by atoms with Gasteiger partial charge in [0.2, 0.25) is 0 Å². The van der Waals surface area contributed by atoms with E-state index < -0.39 is 5.60 Å². The molecule has 2 fully saturated rings. The van der Waals surface area contributed by atoms with Crippen molar-refractivity contribution >= 4 is 0 Å². The zero-order chi connectivity index (χ0) is 12.3. The smallest absolute Gasteiger partial charge is 0.0774 e. The van der Waals surface area contributed by atoms with Crippen LogP contribution in [-0.2, 0) is 0 Å². The molecule has 4 unspecified atom stereocenters. The highest BCUT2D eigenvalue weighted by atomic mass is 16.3. The molecule has 0 aliphatic heterocycles. The van der Waals surface area contributed by atoms with Gasteiger partial charge in [-0.15, -0.1) is 0 Å². The second kappa shape index (κ2) is 5.68. The lowest BCUT2D eigenvalue weighted by molar-refractivity contribution is -0.0144. The van der Waals surface area contributed by atoms with Gasteiger partial charge in [-0.05, 0) is 44.1 Å². The molecule has 3 nitrogen and oxygen atoms in total. The molecule has 0 amide bonds. The van der Waals surface area contributed by atoms with Crippen molar-refractivity contribution in [3.63, 3.8) is 0 Å². The lowest BCUT2D eigenvalue weighted by atomic mass is 9.79. The van der Waals surface area contributed by atoms with Crippen molar-refractivity contribution in [2.45, 2.75) is 63.5 Å². The first kappa shape index (κ1) is 13.3. The van der Waals surface area contributed by atoms with Gasteiger partial charge >= 0.3 is 0 Å². The van der Waals surface area contributed by atoms with Crippen LogP contribution in [0.25, 0.3) is 0 Å². The van der Waals surface area contributed by atoms with E-state index in [0.29, 0.717) is 17.9 Å². The molecule has 4 N–H and O–H groups in total. The Kier molecular flexibility index (Phi) is 4.45. The van der Waals surface area contributed by atoms with E-state index in [1.165, 1.54) is 32.1 Å². The molecular weight excluding hydrogens is 212 g/mol. The molecule has 0 aromatic heterocycles. The Morgan fingerprint density at radius 3 is 2.82 bits per heavy atom. The summed E-state index contributed by atoms with van der Waals surface area (Å²) >= 11 is 0. The summed E-state index contributed by atoms with van der Waals surface area (Å²) in [4.78, 5) is 0. The van der Waals surface area contributed by atoms with Crippen LogP contribution in [0.3, 0.4) is 0 Å². The summed E-state index contributed by atoms with van der Waals surface area (Å²) in [5.41, 5.74) is 5.33. The van der Waals surface area contributed by atoms with Crippen LogP contribution in [-0.4, -0.2) is 29.8 Å². The molecule has 100 valence electrons. The minimum absolute atomic E-state index is 0.459. The van der Waals surface area contributed by atoms with Crippen LogP contribution in [0.1, 0.15) is 51.9 Å². The van der Waals surface area contributed by atoms with Crippen LogP contribution in [0.15, 0.2) is 0 Å². The van der Waals surface area contributed by atoms with Gasteiger partial charge in [0.25, 0.3) is 0 Å². The summed E-state index contributed by atoms with van der Waals surface area (Å²) < 4.78 is 0. The van der Waals surface area contributed by atoms with Gasteiger partial charge in [0.05, 0.1) is 5.60 Å². The van der Waals surface area contributed by atoms with Crippen molar-refractivity contribution in [3.05, 3.63) is 0 Å². The van der Waals surface area contributed by atoms with E-state index in [4.69, 9.17) is 5.73 Å². The largest absolute Gasteiger partial charge is 0.389 e. The maximum absolute atomic E-state index is 10.6. The van der Waals surface area contributed by atoms with Crippen LogP contribution in [0.4, 0.5) is 0 Å². The summed E-state index contributed by atoms with van der Waals surface area (Å²) in [5, 5.41) is 14.2. The molecule has 2 aliphatic carbocycles. The summed E-state index contributed by atoms with van der Waals surface area (Å²) in [6.45, 7) is 3.80. The Bertz CT molecular complexity index is 246. The molecule has 0 bridgehead atoms. The maximum Gasteiger partial charge on any atom is 0.0774 e. The summed E-state index contributed by atoms with van der Waals surface area (Å²) in [7, 11) is 0. The van der Waals surface area contributed by atoms with Crippen LogP contribution in [0.2, 0.25) is 0 Å². The lowest BCUT2D eigenvalue weighted by Crippen LogP contribution is -2.48. The number of rotatable bonds is 4. The topological polar surface area (TPSA) is 58.3 Å². The summed E-state index contributed by atoms with van der Waals surface area (Å²) in [5.74, 6) is 1.30. The van der Waals surface area contributed by atoms with Crippen molar-refractivity contribution in [1.82, 2.24) is 5.32 Å². The first-order valence-electron chi connectivity index (χ1n) is 7.29. The Balaban J connectivity index is 1.80. The minimum Gasteiger partial charge on any atom is -0.389 e. The highest BCUT2D eigenvalue weighted by molar-refractivity contribution is 4.91. The molecular formula is C14H28N2O. The predicted octanol–water partition coefficient (Wildman–Crippen LogP) is 1.64. The van der Waals surface area contributed by atoms with Crippen LogP contribution in [0.5, 0.6) is 0 Å². The Morgan fingerprint density at radius 1 is 1.29 bits per heavy atom. The fraction of sp³-hybridized carbons (Fsp3) is 1.00. The Labute approximate surface area is 105 Å². The molecule has 2 aliphatic rings. The third kappa shape index (κ3) is 3.43. The van der Waals surface area contributed by atoms with Crippen molar-refractivity contribution < 1.29 is 5.11 Å². The van der Waals surface area contributed by atoms with Gasteiger partial charge in [0.15, 0.2) is 0 Å². The zero-order valence-electron chi connectivity index (χ0n) is 11.1. The van der Waals surface area contributed by atoms with Crippen LogP contribution in [0, 0.1) is 11.8 Å². The fourth-order valence-corrected chi connectivity index (χ4v) is 3.70. The highest BCUT2D eigenvalue weighted by Crippen LogP contribution is 2.32. The maximum atomic E-state index is 10.6. The Morgan fingerprint density at radius 2 is 2.12 bits per heavy atom. The van der Waals surface area contributed by atoms with Gasteiger partial charge in [0.1, 0.15) is 0 Å². The molecule has 3 heteroatoms. The predicted molar refractivity (Wildman–Crippen MR) is 70.8 cm³/mol. The van der Waals surface area contributed by atoms with Gasteiger partial charge in [-0.1, -0.05) is 26.2 Å². The summed E-state index contributed by atoms with van der Waals surface area (Å²) in [6, 6.07) is 0.543. The molecule has 2 saturated carbocycles. The third-order valence-electron chi connectivity index (χ3n) is 4.72. The van der Waals surface area contributed by atoms with E-state index in [9.17, 15) is 5.11 Å². The first-order valence-corrected chi connectivity index (χ1v) is 7.29. The van der Waals surface area contributed by atoms with E-state index >= 15 is 0 Å². The van der Waals surface area contributed by atoms with Crippen molar-refractivity contribution in [2.24, 2.45) is 17.6 Å².